The molecule has 3 rings (SSSR count). The van der Waals surface area contributed by atoms with E-state index < -0.39 is 0 Å². The molecule has 102 valence electrons. The first-order valence-corrected chi connectivity index (χ1v) is 6.94. The number of nitrogens with one attached hydrogen (secondary N) is 2. The molecule has 0 bridgehead atoms. The predicted molar refractivity (Wildman–Crippen MR) is 77.3 cm³/mol. The summed E-state index contributed by atoms with van der Waals surface area (Å²) in [6.45, 7) is 6.24. The molecular weight excluding hydrogens is 238 g/mol. The van der Waals surface area contributed by atoms with E-state index in [-0.39, 0.29) is 12.6 Å². The lowest BCUT2D eigenvalue weighted by Gasteiger charge is -2.34. The number of rotatable bonds is 3. The van der Waals surface area contributed by atoms with Crippen LogP contribution in [0.3, 0.4) is 0 Å². The van der Waals surface area contributed by atoms with Crippen molar-refractivity contribution in [1.82, 2.24) is 15.2 Å². The molecule has 1 atom stereocenters. The zero-order valence-corrected chi connectivity index (χ0v) is 11.3. The van der Waals surface area contributed by atoms with E-state index in [9.17, 15) is 5.11 Å². The van der Waals surface area contributed by atoms with Crippen LogP contribution in [0.15, 0.2) is 24.3 Å². The van der Waals surface area contributed by atoms with Gasteiger partial charge in [-0.2, -0.15) is 0 Å². The van der Waals surface area contributed by atoms with Crippen molar-refractivity contribution in [3.05, 3.63) is 35.5 Å². The van der Waals surface area contributed by atoms with Gasteiger partial charge in [0.15, 0.2) is 0 Å². The first-order chi connectivity index (χ1) is 9.31. The Labute approximate surface area is 113 Å². The molecule has 1 aliphatic rings. The van der Waals surface area contributed by atoms with Gasteiger partial charge >= 0.3 is 0 Å². The summed E-state index contributed by atoms with van der Waals surface area (Å²) >= 11 is 0. The largest absolute Gasteiger partial charge is 0.394 e. The molecular formula is C15H21N3O. The van der Waals surface area contributed by atoms with Crippen LogP contribution in [0.1, 0.15) is 17.3 Å². The minimum absolute atomic E-state index is 0.0956. The first kappa shape index (κ1) is 12.7. The van der Waals surface area contributed by atoms with Gasteiger partial charge in [0.05, 0.1) is 12.6 Å². The lowest BCUT2D eigenvalue weighted by atomic mass is 10.0. The van der Waals surface area contributed by atoms with Crippen LogP contribution in [0.4, 0.5) is 0 Å². The van der Waals surface area contributed by atoms with E-state index in [4.69, 9.17) is 0 Å². The summed E-state index contributed by atoms with van der Waals surface area (Å²) in [5.41, 5.74) is 3.57. The Hall–Kier alpha value is -1.36. The molecule has 1 fully saturated rings. The van der Waals surface area contributed by atoms with Crippen LogP contribution in [-0.2, 0) is 0 Å². The van der Waals surface area contributed by atoms with Crippen LogP contribution in [0, 0.1) is 6.92 Å². The molecule has 19 heavy (non-hydrogen) atoms. The Morgan fingerprint density at radius 1 is 1.26 bits per heavy atom. The molecule has 3 N–H and O–H groups in total. The predicted octanol–water partition coefficient (Wildman–Crippen LogP) is 1.41. The van der Waals surface area contributed by atoms with Crippen molar-refractivity contribution in [1.29, 1.82) is 0 Å². The van der Waals surface area contributed by atoms with Crippen molar-refractivity contribution in [3.63, 3.8) is 0 Å². The summed E-state index contributed by atoms with van der Waals surface area (Å²) < 4.78 is 0. The second-order valence-electron chi connectivity index (χ2n) is 5.19. The molecule has 0 radical (unpaired) electrons. The zero-order chi connectivity index (χ0) is 13.2. The molecule has 0 saturated carbocycles. The molecule has 1 aliphatic heterocycles. The van der Waals surface area contributed by atoms with Crippen molar-refractivity contribution >= 4 is 10.9 Å². The summed E-state index contributed by atoms with van der Waals surface area (Å²) in [7, 11) is 0. The first-order valence-electron chi connectivity index (χ1n) is 6.94. The number of para-hydroxylation sites is 1. The van der Waals surface area contributed by atoms with Gasteiger partial charge in [-0.25, -0.2) is 0 Å². The van der Waals surface area contributed by atoms with Gasteiger partial charge in [0, 0.05) is 42.8 Å². The summed E-state index contributed by atoms with van der Waals surface area (Å²) in [6.07, 6.45) is 0. The Balaban J connectivity index is 2.02. The van der Waals surface area contributed by atoms with Crippen LogP contribution >= 0.6 is 0 Å². The monoisotopic (exact) mass is 259 g/mol. The van der Waals surface area contributed by atoms with Gasteiger partial charge in [-0.1, -0.05) is 18.2 Å². The number of aromatic amines is 1. The highest BCUT2D eigenvalue weighted by Crippen LogP contribution is 2.31. The molecule has 0 amide bonds. The third-order valence-corrected chi connectivity index (χ3v) is 4.04. The molecule has 2 heterocycles. The minimum Gasteiger partial charge on any atom is -0.394 e. The Kier molecular flexibility index (Phi) is 3.55. The quantitative estimate of drug-likeness (QED) is 0.781. The SMILES string of the molecule is Cc1[nH]c2ccccc2c1C(CO)N1CCNCC1. The van der Waals surface area contributed by atoms with Gasteiger partial charge in [0.1, 0.15) is 0 Å². The summed E-state index contributed by atoms with van der Waals surface area (Å²) in [5.74, 6) is 0. The highest BCUT2D eigenvalue weighted by molar-refractivity contribution is 5.85. The average Bonchev–Trinajstić information content (AvgIpc) is 2.78. The second kappa shape index (κ2) is 5.33. The third kappa shape index (κ3) is 2.27. The van der Waals surface area contributed by atoms with Crippen LogP contribution in [0.5, 0.6) is 0 Å². The van der Waals surface area contributed by atoms with Crippen molar-refractivity contribution in [2.45, 2.75) is 13.0 Å². The van der Waals surface area contributed by atoms with E-state index >= 15 is 0 Å². The number of aromatic nitrogens is 1. The number of hydrogen-bond donors (Lipinski definition) is 3. The summed E-state index contributed by atoms with van der Waals surface area (Å²) in [6, 6.07) is 8.43. The van der Waals surface area contributed by atoms with Crippen LogP contribution < -0.4 is 5.32 Å². The smallest absolute Gasteiger partial charge is 0.0629 e. The average molecular weight is 259 g/mol. The molecule has 0 spiro atoms. The maximum Gasteiger partial charge on any atom is 0.0629 e. The molecule has 1 aromatic heterocycles. The highest BCUT2D eigenvalue weighted by atomic mass is 16.3. The fraction of sp³-hybridized carbons (Fsp3) is 0.467. The fourth-order valence-corrected chi connectivity index (χ4v) is 3.11. The molecule has 1 saturated heterocycles. The molecule has 1 unspecified atom stereocenters. The fourth-order valence-electron chi connectivity index (χ4n) is 3.11. The van der Waals surface area contributed by atoms with Gasteiger partial charge in [-0.15, -0.1) is 0 Å². The number of aryl methyl sites for hydroxylation is 1. The molecule has 1 aromatic carbocycles. The normalized spacial score (nSPS) is 18.8. The maximum absolute atomic E-state index is 9.86. The highest BCUT2D eigenvalue weighted by Gasteiger charge is 2.25. The molecule has 4 nitrogen and oxygen atoms in total. The number of piperazine rings is 1. The summed E-state index contributed by atoms with van der Waals surface area (Å²) in [5, 5.41) is 14.5. The Morgan fingerprint density at radius 2 is 2.00 bits per heavy atom. The van der Waals surface area contributed by atoms with Crippen LogP contribution in [0.25, 0.3) is 10.9 Å². The van der Waals surface area contributed by atoms with Crippen LogP contribution in [-0.4, -0.2) is 47.8 Å². The molecule has 4 heteroatoms. The zero-order valence-electron chi connectivity index (χ0n) is 11.3. The molecule has 0 aliphatic carbocycles. The van der Waals surface area contributed by atoms with E-state index in [0.717, 1.165) is 31.7 Å². The second-order valence-corrected chi connectivity index (χ2v) is 5.19. The Morgan fingerprint density at radius 3 is 2.74 bits per heavy atom. The molecule has 2 aromatic rings. The number of hydrogen-bond acceptors (Lipinski definition) is 3. The minimum atomic E-state index is 0.0956. The standard InChI is InChI=1S/C15H21N3O/c1-11-15(12-4-2-3-5-13(12)17-11)14(10-19)18-8-6-16-7-9-18/h2-5,14,16-17,19H,6-10H2,1H3. The van der Waals surface area contributed by atoms with Gasteiger partial charge in [0.25, 0.3) is 0 Å². The van der Waals surface area contributed by atoms with Crippen LogP contribution in [0.2, 0.25) is 0 Å². The van der Waals surface area contributed by atoms with Crippen molar-refractivity contribution < 1.29 is 5.11 Å². The van der Waals surface area contributed by atoms with E-state index in [0.29, 0.717) is 0 Å². The van der Waals surface area contributed by atoms with E-state index in [1.807, 2.05) is 6.07 Å². The Bertz CT molecular complexity index is 558. The topological polar surface area (TPSA) is 51.3 Å². The lowest BCUT2D eigenvalue weighted by molar-refractivity contribution is 0.111. The van der Waals surface area contributed by atoms with Crippen molar-refractivity contribution in [3.8, 4) is 0 Å². The maximum atomic E-state index is 9.86. The number of nitrogens with zero attached hydrogens (tertiary/aromatic N) is 1. The van der Waals surface area contributed by atoms with Crippen molar-refractivity contribution in [2.24, 2.45) is 0 Å². The number of fused-ring (bicyclic) bond motifs is 1. The van der Waals surface area contributed by atoms with Gasteiger partial charge in [-0.3, -0.25) is 4.90 Å². The number of benzene rings is 1. The van der Waals surface area contributed by atoms with E-state index in [1.165, 1.54) is 16.6 Å². The lowest BCUT2D eigenvalue weighted by Crippen LogP contribution is -2.46. The van der Waals surface area contributed by atoms with E-state index in [1.54, 1.807) is 0 Å². The third-order valence-electron chi connectivity index (χ3n) is 4.04. The van der Waals surface area contributed by atoms with Gasteiger partial charge in [-0.05, 0) is 18.6 Å². The van der Waals surface area contributed by atoms with Gasteiger partial charge in [0.2, 0.25) is 0 Å². The van der Waals surface area contributed by atoms with Gasteiger partial charge < -0.3 is 15.4 Å². The number of aliphatic hydroxyl groups excluding tert-OH is 1. The number of H-pyrrole nitrogens is 1. The number of aliphatic hydroxyl groups is 1. The van der Waals surface area contributed by atoms with Crippen molar-refractivity contribution in [2.75, 3.05) is 32.8 Å². The summed E-state index contributed by atoms with van der Waals surface area (Å²) in [4.78, 5) is 5.80. The van der Waals surface area contributed by atoms with E-state index in [2.05, 4.69) is 40.3 Å².